The number of nitrogens with one attached hydrogen (secondary N) is 1. The van der Waals surface area contributed by atoms with Crippen LogP contribution in [-0.2, 0) is 0 Å². The minimum absolute atomic E-state index is 0.0748. The van der Waals surface area contributed by atoms with Gasteiger partial charge in [-0.15, -0.1) is 0 Å². The van der Waals surface area contributed by atoms with Gasteiger partial charge < -0.3 is 10.6 Å². The van der Waals surface area contributed by atoms with Crippen molar-refractivity contribution >= 4 is 23.1 Å². The molecular formula is C16H18ClN3. The molecule has 0 amide bonds. The second kappa shape index (κ2) is 5.97. The lowest BCUT2D eigenvalue weighted by molar-refractivity contribution is 0.739. The molecule has 2 aromatic rings. The van der Waals surface area contributed by atoms with Crippen molar-refractivity contribution in [1.29, 1.82) is 5.41 Å². The molecular weight excluding hydrogens is 270 g/mol. The van der Waals surface area contributed by atoms with Gasteiger partial charge in [-0.25, -0.2) is 0 Å². The summed E-state index contributed by atoms with van der Waals surface area (Å²) in [5.74, 6) is 0.0748. The Balaban J connectivity index is 2.36. The molecule has 1 unspecified atom stereocenters. The largest absolute Gasteiger partial charge is 0.384 e. The van der Waals surface area contributed by atoms with Crippen molar-refractivity contribution in [2.24, 2.45) is 5.73 Å². The Morgan fingerprint density at radius 3 is 2.55 bits per heavy atom. The van der Waals surface area contributed by atoms with Crippen molar-refractivity contribution < 1.29 is 0 Å². The van der Waals surface area contributed by atoms with Crippen molar-refractivity contribution in [2.75, 3.05) is 11.9 Å². The molecule has 2 aromatic carbocycles. The number of hydrogen-bond donors (Lipinski definition) is 2. The van der Waals surface area contributed by atoms with Gasteiger partial charge in [-0.05, 0) is 36.8 Å². The van der Waals surface area contributed by atoms with Crippen molar-refractivity contribution in [3.63, 3.8) is 0 Å². The summed E-state index contributed by atoms with van der Waals surface area (Å²) in [4.78, 5) is 2.10. The first-order chi connectivity index (χ1) is 9.50. The highest BCUT2D eigenvalue weighted by atomic mass is 35.5. The highest BCUT2D eigenvalue weighted by Gasteiger charge is 2.16. The highest BCUT2D eigenvalue weighted by Crippen LogP contribution is 2.29. The van der Waals surface area contributed by atoms with Crippen LogP contribution < -0.4 is 10.6 Å². The zero-order valence-electron chi connectivity index (χ0n) is 11.6. The van der Waals surface area contributed by atoms with E-state index in [1.165, 1.54) is 0 Å². The molecule has 20 heavy (non-hydrogen) atoms. The smallest absolute Gasteiger partial charge is 0.124 e. The van der Waals surface area contributed by atoms with Gasteiger partial charge in [0.25, 0.3) is 0 Å². The molecule has 2 rings (SSSR count). The molecule has 0 spiro atoms. The van der Waals surface area contributed by atoms with E-state index < -0.39 is 0 Å². The molecule has 3 nitrogen and oxygen atoms in total. The SMILES string of the molecule is CC(c1cccc(Cl)c1)N(C)c1ccccc1C(=N)N. The molecule has 0 saturated heterocycles. The van der Waals surface area contributed by atoms with Crippen LogP contribution in [0, 0.1) is 5.41 Å². The van der Waals surface area contributed by atoms with Gasteiger partial charge in [-0.2, -0.15) is 0 Å². The van der Waals surface area contributed by atoms with E-state index in [9.17, 15) is 0 Å². The van der Waals surface area contributed by atoms with E-state index in [1.54, 1.807) is 0 Å². The molecule has 104 valence electrons. The van der Waals surface area contributed by atoms with Crippen LogP contribution in [0.25, 0.3) is 0 Å². The number of nitrogens with two attached hydrogens (primary N) is 1. The van der Waals surface area contributed by atoms with Crippen molar-refractivity contribution in [1.82, 2.24) is 0 Å². The molecule has 0 radical (unpaired) electrons. The molecule has 3 N–H and O–H groups in total. The predicted molar refractivity (Wildman–Crippen MR) is 85.7 cm³/mol. The molecule has 0 saturated carbocycles. The minimum Gasteiger partial charge on any atom is -0.384 e. The number of rotatable bonds is 4. The Labute approximate surface area is 124 Å². The first kappa shape index (κ1) is 14.4. The Bertz CT molecular complexity index is 625. The fraction of sp³-hybridized carbons (Fsp3) is 0.188. The molecule has 0 aliphatic carbocycles. The summed E-state index contributed by atoms with van der Waals surface area (Å²) in [5, 5.41) is 8.40. The molecule has 0 bridgehead atoms. The van der Waals surface area contributed by atoms with Gasteiger partial charge in [0.2, 0.25) is 0 Å². The summed E-state index contributed by atoms with van der Waals surface area (Å²) in [6, 6.07) is 15.6. The Kier molecular flexibility index (Phi) is 4.30. The Morgan fingerprint density at radius 2 is 1.90 bits per heavy atom. The first-order valence-electron chi connectivity index (χ1n) is 6.42. The summed E-state index contributed by atoms with van der Waals surface area (Å²) in [5.41, 5.74) is 8.45. The van der Waals surface area contributed by atoms with Crippen LogP contribution in [0.4, 0.5) is 5.69 Å². The Hall–Kier alpha value is -2.00. The second-order valence-electron chi connectivity index (χ2n) is 4.77. The van der Waals surface area contributed by atoms with E-state index in [-0.39, 0.29) is 11.9 Å². The van der Waals surface area contributed by atoms with E-state index in [4.69, 9.17) is 22.7 Å². The summed E-state index contributed by atoms with van der Waals surface area (Å²) >= 11 is 6.05. The third kappa shape index (κ3) is 2.94. The van der Waals surface area contributed by atoms with Gasteiger partial charge in [0.15, 0.2) is 0 Å². The van der Waals surface area contributed by atoms with Crippen LogP contribution in [0.15, 0.2) is 48.5 Å². The van der Waals surface area contributed by atoms with Crippen LogP contribution in [0.2, 0.25) is 5.02 Å². The average molecular weight is 288 g/mol. The van der Waals surface area contributed by atoms with Gasteiger partial charge in [-0.1, -0.05) is 35.9 Å². The number of nitrogen functional groups attached to an aromatic ring is 1. The molecule has 0 fully saturated rings. The van der Waals surface area contributed by atoms with E-state index in [0.717, 1.165) is 21.8 Å². The quantitative estimate of drug-likeness (QED) is 0.663. The zero-order chi connectivity index (χ0) is 14.7. The van der Waals surface area contributed by atoms with Gasteiger partial charge >= 0.3 is 0 Å². The van der Waals surface area contributed by atoms with E-state index in [1.807, 2.05) is 55.6 Å². The highest BCUT2D eigenvalue weighted by molar-refractivity contribution is 6.30. The monoisotopic (exact) mass is 287 g/mol. The summed E-state index contributed by atoms with van der Waals surface area (Å²) in [6.07, 6.45) is 0. The number of benzene rings is 2. The van der Waals surface area contributed by atoms with Crippen LogP contribution in [-0.4, -0.2) is 12.9 Å². The van der Waals surface area contributed by atoms with Crippen molar-refractivity contribution in [2.45, 2.75) is 13.0 Å². The van der Waals surface area contributed by atoms with Crippen LogP contribution in [0.5, 0.6) is 0 Å². The van der Waals surface area contributed by atoms with Crippen molar-refractivity contribution in [3.05, 3.63) is 64.7 Å². The Morgan fingerprint density at radius 1 is 1.20 bits per heavy atom. The topological polar surface area (TPSA) is 53.1 Å². The fourth-order valence-corrected chi connectivity index (χ4v) is 2.41. The molecule has 0 heterocycles. The summed E-state index contributed by atoms with van der Waals surface area (Å²) in [6.45, 7) is 2.10. The standard InChI is InChI=1S/C16H18ClN3/c1-11(12-6-5-7-13(17)10-12)20(2)15-9-4-3-8-14(15)16(18)19/h3-11H,1-2H3,(H3,18,19). The third-order valence-electron chi connectivity index (χ3n) is 3.49. The van der Waals surface area contributed by atoms with Crippen LogP contribution in [0.1, 0.15) is 24.1 Å². The summed E-state index contributed by atoms with van der Waals surface area (Å²) in [7, 11) is 1.99. The molecule has 0 aliphatic rings. The maximum atomic E-state index is 7.68. The molecule has 0 aromatic heterocycles. The lowest BCUT2D eigenvalue weighted by atomic mass is 10.0. The fourth-order valence-electron chi connectivity index (χ4n) is 2.21. The number of amidine groups is 1. The normalized spacial score (nSPS) is 11.9. The van der Waals surface area contributed by atoms with E-state index in [2.05, 4.69) is 11.8 Å². The third-order valence-corrected chi connectivity index (χ3v) is 3.72. The average Bonchev–Trinajstić information content (AvgIpc) is 2.45. The maximum absolute atomic E-state index is 7.68. The van der Waals surface area contributed by atoms with E-state index >= 15 is 0 Å². The lowest BCUT2D eigenvalue weighted by Gasteiger charge is -2.29. The zero-order valence-corrected chi connectivity index (χ0v) is 12.4. The summed E-state index contributed by atoms with van der Waals surface area (Å²) < 4.78 is 0. The first-order valence-corrected chi connectivity index (χ1v) is 6.80. The van der Waals surface area contributed by atoms with Gasteiger partial charge in [0.05, 0.1) is 6.04 Å². The second-order valence-corrected chi connectivity index (χ2v) is 5.21. The predicted octanol–water partition coefficient (Wildman–Crippen LogP) is 3.82. The minimum atomic E-state index is 0.0748. The number of para-hydroxylation sites is 1. The number of nitrogens with zero attached hydrogens (tertiary/aromatic N) is 1. The maximum Gasteiger partial charge on any atom is 0.124 e. The van der Waals surface area contributed by atoms with Crippen molar-refractivity contribution in [3.8, 4) is 0 Å². The molecule has 0 aliphatic heterocycles. The van der Waals surface area contributed by atoms with Gasteiger partial charge in [0, 0.05) is 23.3 Å². The molecule has 1 atom stereocenters. The number of hydrogen-bond acceptors (Lipinski definition) is 2. The number of halogens is 1. The van der Waals surface area contributed by atoms with E-state index in [0.29, 0.717) is 0 Å². The van der Waals surface area contributed by atoms with Crippen LogP contribution >= 0.6 is 11.6 Å². The van der Waals surface area contributed by atoms with Crippen LogP contribution in [0.3, 0.4) is 0 Å². The van der Waals surface area contributed by atoms with Gasteiger partial charge in [0.1, 0.15) is 5.84 Å². The number of anilines is 1. The van der Waals surface area contributed by atoms with Gasteiger partial charge in [-0.3, -0.25) is 5.41 Å². The lowest BCUT2D eigenvalue weighted by Crippen LogP contribution is -2.25. The molecule has 4 heteroatoms.